The van der Waals surface area contributed by atoms with Gasteiger partial charge in [-0.15, -0.1) is 0 Å². The molecular weight excluding hydrogens is 545 g/mol. The van der Waals surface area contributed by atoms with Gasteiger partial charge >= 0.3 is 5.69 Å². The number of halogens is 2. The van der Waals surface area contributed by atoms with Crippen molar-refractivity contribution in [2.75, 3.05) is 24.5 Å². The largest absolute Gasteiger partial charge is 0.512 e. The normalized spacial score (nSPS) is 21.3. The second-order valence-electron chi connectivity index (χ2n) is 11.2. The molecule has 1 unspecified atom stereocenters. The second kappa shape index (κ2) is 10.4. The third-order valence-corrected chi connectivity index (χ3v) is 8.49. The van der Waals surface area contributed by atoms with Crippen molar-refractivity contribution in [1.29, 1.82) is 0 Å². The van der Waals surface area contributed by atoms with Gasteiger partial charge in [0.15, 0.2) is 0 Å². The number of aliphatic hydroxyl groups is 1. The first-order valence-corrected chi connectivity index (χ1v) is 14.2. The van der Waals surface area contributed by atoms with Gasteiger partial charge in [0.25, 0.3) is 0 Å². The minimum absolute atomic E-state index is 0.0365. The van der Waals surface area contributed by atoms with Crippen molar-refractivity contribution in [3.8, 4) is 5.69 Å². The lowest BCUT2D eigenvalue weighted by atomic mass is 9.91. The van der Waals surface area contributed by atoms with Crippen molar-refractivity contribution >= 4 is 39.8 Å². The summed E-state index contributed by atoms with van der Waals surface area (Å²) in [6, 6.07) is 5.03. The maximum atomic E-state index is 15.3. The quantitative estimate of drug-likeness (QED) is 0.393. The van der Waals surface area contributed by atoms with Crippen LogP contribution in [0.4, 0.5) is 10.2 Å². The van der Waals surface area contributed by atoms with Crippen LogP contribution in [0.3, 0.4) is 0 Å². The Labute approximate surface area is 242 Å². The van der Waals surface area contributed by atoms with Crippen LogP contribution in [-0.4, -0.2) is 56.1 Å². The number of carbonyl (C=O) groups excluding carboxylic acids is 1. The summed E-state index contributed by atoms with van der Waals surface area (Å²) >= 11 is 6.82. The van der Waals surface area contributed by atoms with Gasteiger partial charge in [0.2, 0.25) is 5.91 Å². The lowest BCUT2D eigenvalue weighted by Crippen LogP contribution is -2.54. The summed E-state index contributed by atoms with van der Waals surface area (Å²) in [7, 11) is 0. The summed E-state index contributed by atoms with van der Waals surface area (Å²) in [5.74, 6) is -0.187. The fourth-order valence-electron chi connectivity index (χ4n) is 6.01. The van der Waals surface area contributed by atoms with Crippen LogP contribution < -0.4 is 10.6 Å². The van der Waals surface area contributed by atoms with E-state index in [0.717, 1.165) is 18.4 Å². The molecular formula is C31H31ClFN5O3. The van der Waals surface area contributed by atoms with Crippen molar-refractivity contribution in [2.24, 2.45) is 5.92 Å². The van der Waals surface area contributed by atoms with Crippen LogP contribution in [-0.2, 0) is 4.79 Å². The van der Waals surface area contributed by atoms with E-state index in [1.165, 1.54) is 12.2 Å². The van der Waals surface area contributed by atoms with E-state index in [4.69, 9.17) is 11.6 Å². The molecule has 2 fully saturated rings. The van der Waals surface area contributed by atoms with Crippen LogP contribution in [0.25, 0.3) is 22.2 Å². The summed E-state index contributed by atoms with van der Waals surface area (Å²) in [5.41, 5.74) is 1.97. The molecule has 2 atom stereocenters. The Bertz CT molecular complexity index is 1710. The molecule has 2 aromatic heterocycles. The Hall–Kier alpha value is -3.98. The molecule has 1 aliphatic heterocycles. The van der Waals surface area contributed by atoms with E-state index in [1.54, 1.807) is 40.1 Å². The van der Waals surface area contributed by atoms with Gasteiger partial charge < -0.3 is 14.9 Å². The van der Waals surface area contributed by atoms with Crippen LogP contribution in [0.5, 0.6) is 0 Å². The van der Waals surface area contributed by atoms with E-state index in [-0.39, 0.29) is 40.6 Å². The fraction of sp³-hybridized carbons (Fsp3) is 0.355. The van der Waals surface area contributed by atoms with Crippen molar-refractivity contribution in [3.63, 3.8) is 0 Å². The maximum absolute atomic E-state index is 15.3. The van der Waals surface area contributed by atoms with E-state index >= 15 is 4.39 Å². The van der Waals surface area contributed by atoms with Crippen LogP contribution in [0.2, 0.25) is 5.02 Å². The molecule has 1 N–H and O–H groups in total. The molecule has 6 rings (SSSR count). The number of carbonyl (C=O) groups is 1. The summed E-state index contributed by atoms with van der Waals surface area (Å²) in [6.07, 6.45) is 8.50. The molecule has 10 heteroatoms. The van der Waals surface area contributed by atoms with Gasteiger partial charge in [-0.1, -0.05) is 25.1 Å². The number of amides is 1. The van der Waals surface area contributed by atoms with Gasteiger partial charge in [-0.2, -0.15) is 4.98 Å². The monoisotopic (exact) mass is 575 g/mol. The molecule has 0 bridgehead atoms. The topological polar surface area (TPSA) is 91.6 Å². The first kappa shape index (κ1) is 27.2. The van der Waals surface area contributed by atoms with Crippen LogP contribution in [0.15, 0.2) is 65.7 Å². The number of rotatable bonds is 5. The number of anilines is 1. The molecule has 0 radical (unpaired) electrons. The summed E-state index contributed by atoms with van der Waals surface area (Å²) < 4.78 is 16.8. The van der Waals surface area contributed by atoms with Gasteiger partial charge in [0, 0.05) is 60.5 Å². The molecule has 212 valence electrons. The summed E-state index contributed by atoms with van der Waals surface area (Å²) in [5, 5.41) is 11.7. The van der Waals surface area contributed by atoms with E-state index < -0.39 is 11.5 Å². The molecule has 1 amide bonds. The van der Waals surface area contributed by atoms with Crippen LogP contribution in [0.1, 0.15) is 50.2 Å². The van der Waals surface area contributed by atoms with Gasteiger partial charge in [-0.05, 0) is 67.5 Å². The van der Waals surface area contributed by atoms with Crippen molar-refractivity contribution in [3.05, 3.63) is 87.5 Å². The lowest BCUT2D eigenvalue weighted by Gasteiger charge is -2.40. The number of piperazine rings is 1. The van der Waals surface area contributed by atoms with Gasteiger partial charge in [0.1, 0.15) is 17.4 Å². The number of benzene rings is 1. The molecule has 3 aromatic rings. The molecule has 41 heavy (non-hydrogen) atoms. The highest BCUT2D eigenvalue weighted by molar-refractivity contribution is 6.33. The van der Waals surface area contributed by atoms with Crippen LogP contribution in [0, 0.1) is 5.92 Å². The first-order valence-electron chi connectivity index (χ1n) is 13.9. The SMILES string of the molecule is C=CC(=O)N1CCN(c2nc(=O)n(-c3ccncc3C3CC3)c3cc(C4=C(O)CC(C)C=C4F)c(Cl)cc23)[C@@H](C)C1. The average Bonchev–Trinajstić information content (AvgIpc) is 3.78. The van der Waals surface area contributed by atoms with Crippen LogP contribution >= 0.6 is 11.6 Å². The zero-order chi connectivity index (χ0) is 29.0. The predicted octanol–water partition coefficient (Wildman–Crippen LogP) is 5.70. The van der Waals surface area contributed by atoms with E-state index in [0.29, 0.717) is 53.5 Å². The third kappa shape index (κ3) is 4.82. The van der Waals surface area contributed by atoms with E-state index in [1.807, 2.05) is 18.7 Å². The molecule has 3 aliphatic rings. The summed E-state index contributed by atoms with van der Waals surface area (Å²) in [6.45, 7) is 8.73. The standard InChI is InChI=1S/C31H31ClFN5O3/c1-4-28(40)36-9-10-37(18(3)16-36)30-21-13-23(32)20(29-24(33)11-17(2)12-27(29)39)14-26(21)38(31(41)35-30)25-7-8-34-15-22(25)19-5-6-19/h4,7-8,11,13-15,17-19,39H,1,5-6,9-10,12,16H2,2-3H3/t17?,18-/m0/s1. The summed E-state index contributed by atoms with van der Waals surface area (Å²) in [4.78, 5) is 38.8. The Morgan fingerprint density at radius 3 is 2.71 bits per heavy atom. The van der Waals surface area contributed by atoms with Crippen molar-refractivity contribution < 1.29 is 14.3 Å². The number of fused-ring (bicyclic) bond motifs is 1. The minimum atomic E-state index is -0.551. The Morgan fingerprint density at radius 1 is 1.24 bits per heavy atom. The van der Waals surface area contributed by atoms with Gasteiger partial charge in [0.05, 0.1) is 16.8 Å². The number of aliphatic hydroxyl groups excluding tert-OH is 1. The maximum Gasteiger partial charge on any atom is 0.354 e. The van der Waals surface area contributed by atoms with Gasteiger partial charge in [-0.3, -0.25) is 14.3 Å². The molecule has 1 saturated heterocycles. The third-order valence-electron chi connectivity index (χ3n) is 8.17. The number of nitrogens with zero attached hydrogens (tertiary/aromatic N) is 5. The minimum Gasteiger partial charge on any atom is -0.512 e. The molecule has 0 spiro atoms. The van der Waals surface area contributed by atoms with Gasteiger partial charge in [-0.25, -0.2) is 9.18 Å². The molecule has 2 aliphatic carbocycles. The fourth-order valence-corrected chi connectivity index (χ4v) is 6.27. The Balaban J connectivity index is 1.59. The predicted molar refractivity (Wildman–Crippen MR) is 158 cm³/mol. The van der Waals surface area contributed by atoms with Crippen molar-refractivity contribution in [2.45, 2.75) is 45.1 Å². The smallest absolute Gasteiger partial charge is 0.354 e. The average molecular weight is 576 g/mol. The molecule has 3 heterocycles. The number of allylic oxidation sites excluding steroid dienone is 4. The number of hydrogen-bond acceptors (Lipinski definition) is 6. The zero-order valence-electron chi connectivity index (χ0n) is 23.0. The lowest BCUT2D eigenvalue weighted by molar-refractivity contribution is -0.126. The van der Waals surface area contributed by atoms with E-state index in [2.05, 4.69) is 16.5 Å². The highest BCUT2D eigenvalue weighted by atomic mass is 35.5. The van der Waals surface area contributed by atoms with Crippen molar-refractivity contribution in [1.82, 2.24) is 19.4 Å². The van der Waals surface area contributed by atoms with E-state index in [9.17, 15) is 14.7 Å². The number of pyridine rings is 1. The second-order valence-corrected chi connectivity index (χ2v) is 11.6. The highest BCUT2D eigenvalue weighted by Crippen LogP contribution is 2.44. The molecule has 1 saturated carbocycles. The Kier molecular flexibility index (Phi) is 6.93. The first-order chi connectivity index (χ1) is 19.7. The molecule has 1 aromatic carbocycles. The Morgan fingerprint density at radius 2 is 2.02 bits per heavy atom. The highest BCUT2D eigenvalue weighted by Gasteiger charge is 2.32. The zero-order valence-corrected chi connectivity index (χ0v) is 23.7. The molecule has 8 nitrogen and oxygen atoms in total. The number of hydrogen-bond donors (Lipinski definition) is 1. The number of aromatic nitrogens is 3.